The van der Waals surface area contributed by atoms with Gasteiger partial charge in [0.1, 0.15) is 12.3 Å². The summed E-state index contributed by atoms with van der Waals surface area (Å²) in [6.45, 7) is 4.59. The van der Waals surface area contributed by atoms with Crippen molar-refractivity contribution >= 4 is 17.5 Å². The van der Waals surface area contributed by atoms with Crippen molar-refractivity contribution in [3.63, 3.8) is 0 Å². The fraction of sp³-hybridized carbons (Fsp3) is 0.476. The van der Waals surface area contributed by atoms with Crippen LogP contribution in [-0.2, 0) is 23.2 Å². The minimum absolute atomic E-state index is 0.0458. The normalized spacial score (nSPS) is 22.5. The number of ether oxygens (including phenoxy) is 1. The van der Waals surface area contributed by atoms with E-state index >= 15 is 0 Å². The second-order valence-corrected chi connectivity index (χ2v) is 7.99. The summed E-state index contributed by atoms with van der Waals surface area (Å²) >= 11 is 0. The Balaban J connectivity index is 1.54. The van der Waals surface area contributed by atoms with Crippen LogP contribution in [0.3, 0.4) is 0 Å². The first-order chi connectivity index (χ1) is 13.9. The minimum Gasteiger partial charge on any atom is -0.497 e. The molecule has 0 aliphatic carbocycles. The van der Waals surface area contributed by atoms with E-state index in [0.717, 1.165) is 37.5 Å². The predicted molar refractivity (Wildman–Crippen MR) is 109 cm³/mol. The van der Waals surface area contributed by atoms with Crippen LogP contribution in [0.2, 0.25) is 0 Å². The van der Waals surface area contributed by atoms with Crippen molar-refractivity contribution in [3.05, 3.63) is 42.2 Å². The zero-order valence-corrected chi connectivity index (χ0v) is 17.2. The van der Waals surface area contributed by atoms with Gasteiger partial charge in [0.05, 0.1) is 31.1 Å². The lowest BCUT2D eigenvalue weighted by Gasteiger charge is -2.48. The molecule has 29 heavy (non-hydrogen) atoms. The number of benzene rings is 1. The molecule has 1 aromatic heterocycles. The molecule has 0 N–H and O–H groups in total. The van der Waals surface area contributed by atoms with Crippen molar-refractivity contribution in [3.8, 4) is 5.75 Å². The fourth-order valence-electron chi connectivity index (χ4n) is 4.50. The average Bonchev–Trinajstić information content (AvgIpc) is 3.31. The largest absolute Gasteiger partial charge is 0.497 e. The molecule has 0 unspecified atom stereocenters. The lowest BCUT2D eigenvalue weighted by molar-refractivity contribution is -0.142. The maximum absolute atomic E-state index is 12.8. The highest BCUT2D eigenvalue weighted by molar-refractivity contribution is 5.98. The van der Waals surface area contributed by atoms with Gasteiger partial charge in [-0.15, -0.1) is 0 Å². The highest BCUT2D eigenvalue weighted by Crippen LogP contribution is 2.35. The lowest BCUT2D eigenvalue weighted by atomic mass is 9.92. The molecule has 8 nitrogen and oxygen atoms in total. The minimum atomic E-state index is -0.373. The van der Waals surface area contributed by atoms with Crippen molar-refractivity contribution < 1.29 is 14.3 Å². The topological polar surface area (TPSA) is 70.9 Å². The van der Waals surface area contributed by atoms with Gasteiger partial charge in [-0.2, -0.15) is 5.10 Å². The summed E-state index contributed by atoms with van der Waals surface area (Å²) in [5.74, 6) is 0.732. The number of amides is 2. The van der Waals surface area contributed by atoms with Crippen LogP contribution in [0.25, 0.3) is 0 Å². The van der Waals surface area contributed by atoms with E-state index in [0.29, 0.717) is 6.54 Å². The van der Waals surface area contributed by atoms with Crippen LogP contribution in [0.4, 0.5) is 5.69 Å². The second kappa shape index (κ2) is 7.51. The van der Waals surface area contributed by atoms with E-state index < -0.39 is 0 Å². The molecule has 154 valence electrons. The van der Waals surface area contributed by atoms with Crippen LogP contribution in [-0.4, -0.2) is 70.2 Å². The van der Waals surface area contributed by atoms with Gasteiger partial charge < -0.3 is 14.5 Å². The number of carbonyl (C=O) groups is 2. The number of hydrogen-bond donors (Lipinski definition) is 0. The van der Waals surface area contributed by atoms with Crippen molar-refractivity contribution in [1.82, 2.24) is 19.6 Å². The molecule has 0 bridgehead atoms. The molecule has 2 aliphatic heterocycles. The van der Waals surface area contributed by atoms with Crippen LogP contribution in [0.1, 0.15) is 18.9 Å². The molecule has 1 aromatic carbocycles. The quantitative estimate of drug-likeness (QED) is 0.777. The van der Waals surface area contributed by atoms with Gasteiger partial charge in [-0.05, 0) is 24.1 Å². The number of carbonyl (C=O) groups excluding carboxylic acids is 2. The molecule has 1 atom stereocenters. The Bertz CT molecular complexity index is 909. The average molecular weight is 397 g/mol. The third kappa shape index (κ3) is 3.72. The fourth-order valence-corrected chi connectivity index (χ4v) is 4.50. The third-order valence-electron chi connectivity index (χ3n) is 5.98. The third-order valence-corrected chi connectivity index (χ3v) is 5.98. The first kappa shape index (κ1) is 19.4. The first-order valence-corrected chi connectivity index (χ1v) is 9.83. The molecule has 2 aliphatic rings. The van der Waals surface area contributed by atoms with Crippen LogP contribution >= 0.6 is 0 Å². The molecule has 8 heteroatoms. The summed E-state index contributed by atoms with van der Waals surface area (Å²) in [7, 11) is 3.50. The summed E-state index contributed by atoms with van der Waals surface area (Å²) in [6.07, 6.45) is 4.39. The maximum atomic E-state index is 12.8. The number of aromatic nitrogens is 2. The highest BCUT2D eigenvalue weighted by Gasteiger charge is 2.50. The van der Waals surface area contributed by atoms with Gasteiger partial charge in [0.15, 0.2) is 0 Å². The summed E-state index contributed by atoms with van der Waals surface area (Å²) in [5.41, 5.74) is 1.61. The Labute approximate surface area is 170 Å². The van der Waals surface area contributed by atoms with Gasteiger partial charge in [-0.3, -0.25) is 19.2 Å². The Morgan fingerprint density at radius 1 is 1.24 bits per heavy atom. The zero-order valence-electron chi connectivity index (χ0n) is 17.2. The number of nitrogens with zero attached hydrogens (tertiary/aromatic N) is 5. The van der Waals surface area contributed by atoms with Crippen LogP contribution in [0.5, 0.6) is 5.75 Å². The number of rotatable bonds is 4. The van der Waals surface area contributed by atoms with E-state index in [1.807, 2.05) is 25.4 Å². The molecule has 0 saturated carbocycles. The summed E-state index contributed by atoms with van der Waals surface area (Å²) in [4.78, 5) is 31.1. The Morgan fingerprint density at radius 2 is 2.00 bits per heavy atom. The SMILES string of the molecule is COc1ccc(CN2CC[C@]3(C2)CN(c2cnn(C)c2)C(=O)CN3C(C)=O)cc1. The first-order valence-electron chi connectivity index (χ1n) is 9.83. The van der Waals surface area contributed by atoms with Gasteiger partial charge in [0.2, 0.25) is 11.8 Å². The lowest BCUT2D eigenvalue weighted by Crippen LogP contribution is -2.66. The Kier molecular flexibility index (Phi) is 5.04. The number of likely N-dealkylation sites (tertiary alicyclic amines) is 1. The summed E-state index contributed by atoms with van der Waals surface area (Å²) in [6, 6.07) is 8.07. The molecular weight excluding hydrogens is 370 g/mol. The number of hydrogen-bond acceptors (Lipinski definition) is 5. The smallest absolute Gasteiger partial charge is 0.246 e. The number of piperazine rings is 1. The molecule has 1 spiro atoms. The summed E-state index contributed by atoms with van der Waals surface area (Å²) < 4.78 is 6.92. The van der Waals surface area contributed by atoms with Crippen LogP contribution < -0.4 is 9.64 Å². The second-order valence-electron chi connectivity index (χ2n) is 7.99. The van der Waals surface area contributed by atoms with E-state index in [1.54, 1.807) is 34.7 Å². The van der Waals surface area contributed by atoms with Crippen molar-refractivity contribution in [2.75, 3.05) is 38.2 Å². The van der Waals surface area contributed by atoms with Crippen molar-refractivity contribution in [2.45, 2.75) is 25.4 Å². The predicted octanol–water partition coefficient (Wildman–Crippen LogP) is 1.27. The van der Waals surface area contributed by atoms with Gasteiger partial charge in [-0.25, -0.2) is 0 Å². The van der Waals surface area contributed by atoms with Gasteiger partial charge in [0, 0.05) is 39.8 Å². The molecule has 0 radical (unpaired) electrons. The highest BCUT2D eigenvalue weighted by atomic mass is 16.5. The van der Waals surface area contributed by atoms with Gasteiger partial charge in [0.25, 0.3) is 0 Å². The molecule has 2 saturated heterocycles. The van der Waals surface area contributed by atoms with E-state index in [-0.39, 0.29) is 23.9 Å². The van der Waals surface area contributed by atoms with Gasteiger partial charge in [-0.1, -0.05) is 12.1 Å². The standard InChI is InChI=1S/C21H27N5O3/c1-16(27)26-13-20(28)25(18-10-22-23(2)12-18)15-21(26)8-9-24(14-21)11-17-4-6-19(29-3)7-5-17/h4-7,10,12H,8-9,11,13-15H2,1-3H3/t21-/m0/s1. The molecule has 2 amide bonds. The molecular formula is C21H27N5O3. The molecule has 2 fully saturated rings. The zero-order chi connectivity index (χ0) is 20.6. The van der Waals surface area contributed by atoms with Crippen LogP contribution in [0.15, 0.2) is 36.7 Å². The van der Waals surface area contributed by atoms with E-state index in [9.17, 15) is 9.59 Å². The van der Waals surface area contributed by atoms with E-state index in [2.05, 4.69) is 22.1 Å². The summed E-state index contributed by atoms with van der Waals surface area (Å²) in [5, 5.41) is 4.20. The monoisotopic (exact) mass is 397 g/mol. The molecule has 2 aromatic rings. The van der Waals surface area contributed by atoms with Crippen molar-refractivity contribution in [1.29, 1.82) is 0 Å². The van der Waals surface area contributed by atoms with Crippen molar-refractivity contribution in [2.24, 2.45) is 7.05 Å². The van der Waals surface area contributed by atoms with Crippen LogP contribution in [0, 0.1) is 0 Å². The maximum Gasteiger partial charge on any atom is 0.246 e. The van der Waals surface area contributed by atoms with Gasteiger partial charge >= 0.3 is 0 Å². The number of anilines is 1. The molecule has 3 heterocycles. The Hall–Kier alpha value is -2.87. The van der Waals surface area contributed by atoms with E-state index in [4.69, 9.17) is 4.74 Å². The number of aryl methyl sites for hydroxylation is 1. The van der Waals surface area contributed by atoms with E-state index in [1.165, 1.54) is 5.56 Å². The molecule has 4 rings (SSSR count). The number of methoxy groups -OCH3 is 1. The Morgan fingerprint density at radius 3 is 2.62 bits per heavy atom.